The number of hydrogen-bond acceptors (Lipinski definition) is 12. The fourth-order valence-corrected chi connectivity index (χ4v) is 0. The van der Waals surface area contributed by atoms with Gasteiger partial charge in [-0.15, -0.1) is 0 Å². The van der Waals surface area contributed by atoms with E-state index in [1.165, 1.54) is 0 Å². The standard InChI is InChI=1S/5C2H4O2.C2H6O.CH4O.K.Si/c5*1-2(3)4;1-2-3;1-2;;/h5*1H3,(H,3,4);3H,2H2,1H3;2H,1H3;;/q;;;;;;;+1;+4/p-5. The minimum atomic E-state index is -1.08. The average molecular weight is 441 g/mol. The summed E-state index contributed by atoms with van der Waals surface area (Å²) in [7, 11) is 1.00. The van der Waals surface area contributed by atoms with Crippen LogP contribution in [0.4, 0.5) is 0 Å². The third-order valence-corrected chi connectivity index (χ3v) is 0. The topological polar surface area (TPSA) is 241 Å². The smallest absolute Gasteiger partial charge is 0.550 e. The molecule has 0 unspecified atom stereocenters. The molecule has 0 saturated heterocycles. The second-order valence-corrected chi connectivity index (χ2v) is 2.77. The number of aliphatic hydroxyl groups excluding tert-OH is 2. The van der Waals surface area contributed by atoms with Crippen LogP contribution in [0.25, 0.3) is 0 Å². The largest absolute Gasteiger partial charge is 4.00 e. The minimum absolute atomic E-state index is 0. The molecule has 0 saturated carbocycles. The second kappa shape index (κ2) is 63.9. The molecule has 0 rings (SSSR count). The van der Waals surface area contributed by atoms with E-state index in [0.717, 1.165) is 41.7 Å². The Labute approximate surface area is 205 Å². The number of rotatable bonds is 0. The SMILES string of the molecule is CC(=O)[O-].CC(=O)[O-].CC(=O)[O-].CC(=O)[O-].CC(=O)[O-].CCO.CO.[K+].[Si+4]. The zero-order valence-corrected chi connectivity index (χ0v) is 20.8. The van der Waals surface area contributed by atoms with Gasteiger partial charge >= 0.3 is 62.3 Å². The summed E-state index contributed by atoms with van der Waals surface area (Å²) in [5, 5.41) is 59.0. The molecular weight excluding hydrogens is 415 g/mol. The van der Waals surface area contributed by atoms with Crippen LogP contribution in [0, 0.1) is 0 Å². The summed E-state index contributed by atoms with van der Waals surface area (Å²) in [5.41, 5.74) is 0. The van der Waals surface area contributed by atoms with Crippen LogP contribution in [-0.4, -0.2) is 64.7 Å². The van der Waals surface area contributed by atoms with Gasteiger partial charge in [0.2, 0.25) is 0 Å². The predicted molar refractivity (Wildman–Crippen MR) is 80.1 cm³/mol. The Kier molecular flexibility index (Phi) is 133. The number of carbonyl (C=O) groups excluding carboxylic acids is 5. The van der Waals surface area contributed by atoms with Crippen molar-refractivity contribution in [2.75, 3.05) is 13.7 Å². The Hall–Kier alpha value is -0.877. The Morgan fingerprint density at radius 3 is 0.593 bits per heavy atom. The summed E-state index contributed by atoms with van der Waals surface area (Å²) >= 11 is 0. The Morgan fingerprint density at radius 2 is 0.593 bits per heavy atom. The number of carbonyl (C=O) groups is 5. The van der Waals surface area contributed by atoms with Crippen molar-refractivity contribution in [2.45, 2.75) is 41.5 Å². The number of carboxylic acids is 5. The minimum Gasteiger partial charge on any atom is -0.550 e. The molecule has 0 amide bonds. The molecule has 0 aliphatic heterocycles. The van der Waals surface area contributed by atoms with E-state index >= 15 is 0 Å². The third kappa shape index (κ3) is 17500. The molecule has 0 atom stereocenters. The molecule has 14 heteroatoms. The molecule has 0 aliphatic rings. The number of hydrogen-bond donors (Lipinski definition) is 2. The van der Waals surface area contributed by atoms with Gasteiger partial charge in [-0.25, -0.2) is 0 Å². The van der Waals surface area contributed by atoms with Crippen molar-refractivity contribution in [3.05, 3.63) is 0 Å². The van der Waals surface area contributed by atoms with Crippen LogP contribution in [0.2, 0.25) is 0 Å². The molecule has 154 valence electrons. The van der Waals surface area contributed by atoms with Gasteiger partial charge in [0.1, 0.15) is 0 Å². The Morgan fingerprint density at radius 1 is 0.593 bits per heavy atom. The van der Waals surface area contributed by atoms with E-state index < -0.39 is 29.8 Å². The molecular formula is C13H25KO12Si. The van der Waals surface area contributed by atoms with Crippen molar-refractivity contribution in [3.63, 3.8) is 0 Å². The maximum absolute atomic E-state index is 8.89. The van der Waals surface area contributed by atoms with E-state index in [9.17, 15) is 0 Å². The molecule has 0 aliphatic carbocycles. The van der Waals surface area contributed by atoms with Crippen molar-refractivity contribution in [3.8, 4) is 0 Å². The number of carboxylic acid groups (broad SMARTS) is 5. The van der Waals surface area contributed by atoms with Crippen LogP contribution in [0.5, 0.6) is 0 Å². The van der Waals surface area contributed by atoms with Crippen LogP contribution in [0.15, 0.2) is 0 Å². The summed E-state index contributed by atoms with van der Waals surface area (Å²) in [5.74, 6) is -5.42. The van der Waals surface area contributed by atoms with E-state index in [1.807, 2.05) is 0 Å². The van der Waals surface area contributed by atoms with Crippen molar-refractivity contribution < 1.29 is 111 Å². The normalized spacial score (nSPS) is 5.52. The monoisotopic (exact) mass is 440 g/mol. The van der Waals surface area contributed by atoms with Gasteiger partial charge in [0.15, 0.2) is 0 Å². The summed E-state index contributed by atoms with van der Waals surface area (Å²) in [6.45, 7) is 6.79. The molecule has 0 spiro atoms. The molecule has 0 heterocycles. The molecule has 0 radical (unpaired) electrons. The van der Waals surface area contributed by atoms with Crippen molar-refractivity contribution in [2.24, 2.45) is 0 Å². The zero-order valence-electron chi connectivity index (χ0n) is 16.7. The van der Waals surface area contributed by atoms with Gasteiger partial charge in [-0.2, -0.15) is 0 Å². The van der Waals surface area contributed by atoms with Gasteiger partial charge in [0.05, 0.1) is 0 Å². The molecule has 0 fully saturated rings. The van der Waals surface area contributed by atoms with Crippen LogP contribution in [-0.2, 0) is 24.0 Å². The van der Waals surface area contributed by atoms with Crippen LogP contribution in [0.3, 0.4) is 0 Å². The fourth-order valence-electron chi connectivity index (χ4n) is 0. The maximum atomic E-state index is 8.89. The van der Waals surface area contributed by atoms with Gasteiger partial charge in [0, 0.05) is 43.6 Å². The first kappa shape index (κ1) is 56.2. The van der Waals surface area contributed by atoms with Gasteiger partial charge in [-0.3, -0.25) is 0 Å². The summed E-state index contributed by atoms with van der Waals surface area (Å²) in [6, 6.07) is 0. The summed E-state index contributed by atoms with van der Waals surface area (Å²) in [6.07, 6.45) is 0. The van der Waals surface area contributed by atoms with Crippen LogP contribution in [0.1, 0.15) is 41.5 Å². The average Bonchev–Trinajstić information content (AvgIpc) is 2.27. The molecule has 0 aromatic heterocycles. The Bertz CT molecular complexity index is 235. The fraction of sp³-hybridized carbons (Fsp3) is 0.615. The summed E-state index contributed by atoms with van der Waals surface area (Å²) in [4.78, 5) is 44.4. The number of aliphatic carboxylic acids is 5. The maximum Gasteiger partial charge on any atom is 4.00 e. The molecule has 12 nitrogen and oxygen atoms in total. The van der Waals surface area contributed by atoms with E-state index in [4.69, 9.17) is 59.7 Å². The first-order chi connectivity index (χ1) is 11.1. The van der Waals surface area contributed by atoms with Gasteiger partial charge in [0.25, 0.3) is 0 Å². The third-order valence-electron chi connectivity index (χ3n) is 0. The first-order valence-electron chi connectivity index (χ1n) is 6.01. The van der Waals surface area contributed by atoms with E-state index in [-0.39, 0.29) is 69.0 Å². The van der Waals surface area contributed by atoms with Crippen molar-refractivity contribution >= 4 is 40.8 Å². The Balaban J connectivity index is -0.0000000199. The zero-order chi connectivity index (χ0) is 22.6. The molecule has 27 heavy (non-hydrogen) atoms. The molecule has 2 N–H and O–H groups in total. The molecule has 0 bridgehead atoms. The summed E-state index contributed by atoms with van der Waals surface area (Å²) < 4.78 is 0. The number of aliphatic hydroxyl groups is 2. The second-order valence-electron chi connectivity index (χ2n) is 2.77. The van der Waals surface area contributed by atoms with Gasteiger partial charge < -0.3 is 59.7 Å². The molecule has 0 aromatic rings. The van der Waals surface area contributed by atoms with Crippen LogP contribution < -0.4 is 76.9 Å². The van der Waals surface area contributed by atoms with E-state index in [0.29, 0.717) is 0 Å². The quantitative estimate of drug-likeness (QED) is 0.333. The van der Waals surface area contributed by atoms with E-state index in [2.05, 4.69) is 0 Å². The predicted octanol–water partition coefficient (Wildman–Crippen LogP) is -9.99. The van der Waals surface area contributed by atoms with Crippen molar-refractivity contribution in [1.82, 2.24) is 0 Å². The van der Waals surface area contributed by atoms with Crippen molar-refractivity contribution in [1.29, 1.82) is 0 Å². The van der Waals surface area contributed by atoms with Gasteiger partial charge in [-0.1, -0.05) is 0 Å². The van der Waals surface area contributed by atoms with E-state index in [1.54, 1.807) is 6.92 Å². The molecule has 0 aromatic carbocycles. The van der Waals surface area contributed by atoms with Crippen LogP contribution >= 0.6 is 0 Å². The first-order valence-corrected chi connectivity index (χ1v) is 6.01. The van der Waals surface area contributed by atoms with Gasteiger partial charge in [-0.05, 0) is 41.5 Å².